The lowest BCUT2D eigenvalue weighted by atomic mass is 9.80. The number of methoxy groups -OCH3 is 1. The smallest absolute Gasteiger partial charge is 0.328 e. The number of aryl methyl sites for hydroxylation is 1. The van der Waals surface area contributed by atoms with Crippen LogP contribution in [0.3, 0.4) is 0 Å². The molecule has 0 radical (unpaired) electrons. The fourth-order valence-electron chi connectivity index (χ4n) is 4.58. The van der Waals surface area contributed by atoms with Crippen LogP contribution in [0.15, 0.2) is 59.6 Å². The van der Waals surface area contributed by atoms with Crippen LogP contribution in [-0.2, 0) is 38.5 Å². The van der Waals surface area contributed by atoms with Gasteiger partial charge in [0.05, 0.1) is 25.4 Å². The van der Waals surface area contributed by atoms with Gasteiger partial charge >= 0.3 is 5.97 Å². The Balaban J connectivity index is 0.00000800. The summed E-state index contributed by atoms with van der Waals surface area (Å²) in [5, 5.41) is 12.3. The number of hydrogen-bond donors (Lipinski definition) is 4. The molecule has 2 aromatic rings. The van der Waals surface area contributed by atoms with E-state index in [1.165, 1.54) is 7.11 Å². The number of amidine groups is 1. The Morgan fingerprint density at radius 2 is 1.57 bits per heavy atom. The standard InChI is InChI=1S/C30H42N4O5.ClH/c1-20(2)17-26(25(29(36)34-38)12-8-11-22-9-6-5-7-10-22)28(35)33-27(30(37)39-4)18-23-13-15-24(16-14-23)19-32-21(3)31;/h5-7,9-10,13-16,20,25-27,38H,8,11-12,17-19H2,1-4H3,(H2,31,32)(H,33,35)(H,34,36);1H/t25-,26-,27-;/m0./s1. The zero-order chi connectivity index (χ0) is 28.8. The number of nitrogens with zero attached hydrogens (tertiary/aromatic N) is 1. The van der Waals surface area contributed by atoms with Gasteiger partial charge in [-0.15, -0.1) is 12.4 Å². The average Bonchev–Trinajstić information content (AvgIpc) is 2.93. The number of halogens is 1. The van der Waals surface area contributed by atoms with Crippen molar-refractivity contribution in [2.45, 2.75) is 65.5 Å². The average molecular weight is 575 g/mol. The van der Waals surface area contributed by atoms with Gasteiger partial charge in [0.15, 0.2) is 0 Å². The largest absolute Gasteiger partial charge is 0.467 e. The van der Waals surface area contributed by atoms with Crippen molar-refractivity contribution in [2.24, 2.45) is 28.5 Å². The summed E-state index contributed by atoms with van der Waals surface area (Å²) in [4.78, 5) is 43.2. The number of hydrogen-bond acceptors (Lipinski definition) is 6. The van der Waals surface area contributed by atoms with Crippen molar-refractivity contribution in [3.8, 4) is 0 Å². The Kier molecular flexibility index (Phi) is 15.6. The van der Waals surface area contributed by atoms with Crippen molar-refractivity contribution in [3.05, 3.63) is 71.3 Å². The molecule has 0 spiro atoms. The minimum absolute atomic E-state index is 0. The SMILES string of the molecule is COC(=O)[C@H](Cc1ccc(CN=C(C)N)cc1)NC(=O)[C@@H](CC(C)C)[C@H](CCCc1ccccc1)C(=O)NO.Cl. The number of benzene rings is 2. The molecule has 0 aromatic heterocycles. The van der Waals surface area contributed by atoms with Crippen molar-refractivity contribution in [2.75, 3.05) is 7.11 Å². The fraction of sp³-hybridized carbons (Fsp3) is 0.467. The number of aliphatic imine (C=N–C) groups is 1. The molecule has 40 heavy (non-hydrogen) atoms. The van der Waals surface area contributed by atoms with Gasteiger partial charge in [-0.2, -0.15) is 0 Å². The maximum Gasteiger partial charge on any atom is 0.328 e. The number of esters is 1. The van der Waals surface area contributed by atoms with Crippen LogP contribution in [0, 0.1) is 17.8 Å². The summed E-state index contributed by atoms with van der Waals surface area (Å²) < 4.78 is 4.97. The van der Waals surface area contributed by atoms with Gasteiger partial charge in [0.25, 0.3) is 0 Å². The molecule has 2 amide bonds. The zero-order valence-electron chi connectivity index (χ0n) is 23.8. The highest BCUT2D eigenvalue weighted by molar-refractivity contribution is 5.90. The number of nitrogens with two attached hydrogens (primary N) is 1. The molecule has 0 unspecified atom stereocenters. The highest BCUT2D eigenvalue weighted by atomic mass is 35.5. The predicted octanol–water partition coefficient (Wildman–Crippen LogP) is 3.99. The van der Waals surface area contributed by atoms with E-state index in [0.717, 1.165) is 23.1 Å². The molecule has 2 aromatic carbocycles. The number of carbonyl (C=O) groups is 3. The molecule has 0 bridgehead atoms. The lowest BCUT2D eigenvalue weighted by Gasteiger charge is -2.28. The first-order chi connectivity index (χ1) is 18.6. The topological polar surface area (TPSA) is 143 Å². The number of hydroxylamine groups is 1. The molecule has 10 heteroatoms. The minimum Gasteiger partial charge on any atom is -0.467 e. The molecule has 0 aliphatic rings. The summed E-state index contributed by atoms with van der Waals surface area (Å²) in [6, 6.07) is 16.5. The normalized spacial score (nSPS) is 13.5. The predicted molar refractivity (Wildman–Crippen MR) is 158 cm³/mol. The second-order valence-electron chi connectivity index (χ2n) is 10.3. The van der Waals surface area contributed by atoms with Gasteiger partial charge in [0.2, 0.25) is 11.8 Å². The Morgan fingerprint density at radius 3 is 2.12 bits per heavy atom. The van der Waals surface area contributed by atoms with Crippen LogP contribution in [0.4, 0.5) is 0 Å². The number of nitrogens with one attached hydrogen (secondary N) is 2. The van der Waals surface area contributed by atoms with Crippen LogP contribution < -0.4 is 16.5 Å². The Bertz CT molecular complexity index is 1090. The molecule has 0 saturated carbocycles. The number of ether oxygens (including phenoxy) is 1. The molecule has 0 fully saturated rings. The lowest BCUT2D eigenvalue weighted by molar-refractivity contribution is -0.147. The van der Waals surface area contributed by atoms with Crippen molar-refractivity contribution in [1.82, 2.24) is 10.8 Å². The molecular weight excluding hydrogens is 532 g/mol. The van der Waals surface area contributed by atoms with Crippen LogP contribution in [0.25, 0.3) is 0 Å². The summed E-state index contributed by atoms with van der Waals surface area (Å²) in [6.07, 6.45) is 2.44. The number of amides is 2. The molecular formula is C30H43ClN4O5. The third-order valence-corrected chi connectivity index (χ3v) is 6.59. The first-order valence-electron chi connectivity index (χ1n) is 13.3. The second kappa shape index (κ2) is 18.0. The molecule has 0 saturated heterocycles. The Labute approximate surface area is 243 Å². The van der Waals surface area contributed by atoms with Gasteiger partial charge in [0.1, 0.15) is 6.04 Å². The molecule has 9 nitrogen and oxygen atoms in total. The van der Waals surface area contributed by atoms with E-state index in [0.29, 0.717) is 31.6 Å². The van der Waals surface area contributed by atoms with Crippen molar-refractivity contribution >= 4 is 36.0 Å². The van der Waals surface area contributed by atoms with Gasteiger partial charge in [-0.05, 0) is 55.2 Å². The van der Waals surface area contributed by atoms with Gasteiger partial charge in [0, 0.05) is 12.3 Å². The summed E-state index contributed by atoms with van der Waals surface area (Å²) in [5.74, 6) is -2.50. The lowest BCUT2D eigenvalue weighted by Crippen LogP contribution is -2.49. The quantitative estimate of drug-likeness (QED) is 0.0832. The van der Waals surface area contributed by atoms with E-state index in [4.69, 9.17) is 10.5 Å². The first kappa shape index (κ1) is 34.6. The number of rotatable bonds is 15. The minimum atomic E-state index is -0.936. The molecule has 220 valence electrons. The van der Waals surface area contributed by atoms with E-state index in [2.05, 4.69) is 10.3 Å². The van der Waals surface area contributed by atoms with Crippen molar-refractivity contribution in [3.63, 3.8) is 0 Å². The summed E-state index contributed by atoms with van der Waals surface area (Å²) in [5.41, 5.74) is 10.3. The van der Waals surface area contributed by atoms with E-state index in [1.54, 1.807) is 12.4 Å². The summed E-state index contributed by atoms with van der Waals surface area (Å²) >= 11 is 0. The van der Waals surface area contributed by atoms with E-state index in [-0.39, 0.29) is 24.7 Å². The summed E-state index contributed by atoms with van der Waals surface area (Å²) in [6.45, 7) is 6.11. The molecule has 5 N–H and O–H groups in total. The molecule has 3 atom stereocenters. The summed E-state index contributed by atoms with van der Waals surface area (Å²) in [7, 11) is 1.27. The molecule has 0 aliphatic heterocycles. The van der Waals surface area contributed by atoms with Crippen LogP contribution in [-0.4, -0.2) is 42.0 Å². The third-order valence-electron chi connectivity index (χ3n) is 6.59. The third kappa shape index (κ3) is 11.8. The number of carbonyl (C=O) groups excluding carboxylic acids is 3. The van der Waals surface area contributed by atoms with Crippen LogP contribution in [0.2, 0.25) is 0 Å². The van der Waals surface area contributed by atoms with Gasteiger partial charge in [-0.1, -0.05) is 68.4 Å². The highest BCUT2D eigenvalue weighted by Crippen LogP contribution is 2.27. The maximum atomic E-state index is 13.6. The van der Waals surface area contributed by atoms with Crippen molar-refractivity contribution in [1.29, 1.82) is 0 Å². The van der Waals surface area contributed by atoms with E-state index in [1.807, 2.05) is 68.4 Å². The Morgan fingerprint density at radius 1 is 0.950 bits per heavy atom. The van der Waals surface area contributed by atoms with Crippen LogP contribution in [0.1, 0.15) is 56.7 Å². The second-order valence-corrected chi connectivity index (χ2v) is 10.3. The van der Waals surface area contributed by atoms with Gasteiger partial charge in [-0.25, -0.2) is 10.3 Å². The van der Waals surface area contributed by atoms with E-state index < -0.39 is 35.7 Å². The molecule has 0 aliphatic carbocycles. The molecule has 2 rings (SSSR count). The zero-order valence-corrected chi connectivity index (χ0v) is 24.6. The van der Waals surface area contributed by atoms with Crippen LogP contribution >= 0.6 is 12.4 Å². The first-order valence-corrected chi connectivity index (χ1v) is 13.3. The Hall–Kier alpha value is -3.43. The highest BCUT2D eigenvalue weighted by Gasteiger charge is 2.36. The van der Waals surface area contributed by atoms with Crippen LogP contribution in [0.5, 0.6) is 0 Å². The molecule has 0 heterocycles. The van der Waals surface area contributed by atoms with E-state index in [9.17, 15) is 19.6 Å². The fourth-order valence-corrected chi connectivity index (χ4v) is 4.58. The van der Waals surface area contributed by atoms with E-state index >= 15 is 0 Å². The monoisotopic (exact) mass is 574 g/mol. The van der Waals surface area contributed by atoms with Crippen molar-refractivity contribution < 1.29 is 24.3 Å². The van der Waals surface area contributed by atoms with Gasteiger partial charge < -0.3 is 15.8 Å². The maximum absolute atomic E-state index is 13.6. The van der Waals surface area contributed by atoms with Gasteiger partial charge in [-0.3, -0.25) is 19.8 Å².